The zero-order valence-electron chi connectivity index (χ0n) is 23.0. The molecule has 0 spiro atoms. The Bertz CT molecular complexity index is 1240. The Morgan fingerprint density at radius 3 is 2.24 bits per heavy atom. The third-order valence-electron chi connectivity index (χ3n) is 7.51. The van der Waals surface area contributed by atoms with Crippen molar-refractivity contribution in [3.05, 3.63) is 101 Å². The van der Waals surface area contributed by atoms with E-state index in [0.29, 0.717) is 25.2 Å². The van der Waals surface area contributed by atoms with Crippen LogP contribution in [0.5, 0.6) is 0 Å². The predicted molar refractivity (Wildman–Crippen MR) is 155 cm³/mol. The third-order valence-corrected chi connectivity index (χ3v) is 7.51. The zero-order chi connectivity index (χ0) is 27.1. The summed E-state index contributed by atoms with van der Waals surface area (Å²) in [5.74, 6) is 0.102. The van der Waals surface area contributed by atoms with Crippen molar-refractivity contribution in [3.8, 4) is 0 Å². The van der Waals surface area contributed by atoms with Crippen molar-refractivity contribution >= 4 is 17.5 Å². The van der Waals surface area contributed by atoms with E-state index in [4.69, 9.17) is 5.73 Å². The second-order valence-corrected chi connectivity index (χ2v) is 11.5. The average Bonchev–Trinajstić information content (AvgIpc) is 2.93. The zero-order valence-corrected chi connectivity index (χ0v) is 23.0. The minimum absolute atomic E-state index is 0.0274. The molecule has 2 amide bonds. The molecule has 1 fully saturated rings. The molecule has 1 aliphatic rings. The maximum absolute atomic E-state index is 13.7. The van der Waals surface area contributed by atoms with Gasteiger partial charge in [-0.25, -0.2) is 0 Å². The molecule has 1 saturated carbocycles. The summed E-state index contributed by atoms with van der Waals surface area (Å²) in [5.41, 5.74) is 11.5. The molecule has 3 aromatic carbocycles. The van der Waals surface area contributed by atoms with Crippen LogP contribution in [0.15, 0.2) is 72.8 Å². The van der Waals surface area contributed by atoms with Crippen molar-refractivity contribution in [1.82, 2.24) is 4.90 Å². The molecule has 0 radical (unpaired) electrons. The Balaban J connectivity index is 1.56. The number of para-hydroxylation sites is 1. The number of benzene rings is 3. The molecule has 3 aromatic rings. The van der Waals surface area contributed by atoms with Crippen LogP contribution in [0.4, 0.5) is 5.69 Å². The Kier molecular flexibility index (Phi) is 9.01. The van der Waals surface area contributed by atoms with Crippen molar-refractivity contribution in [1.29, 1.82) is 0 Å². The minimum Gasteiger partial charge on any atom is -0.334 e. The van der Waals surface area contributed by atoms with Crippen LogP contribution in [-0.4, -0.2) is 16.7 Å². The van der Waals surface area contributed by atoms with Gasteiger partial charge in [0.1, 0.15) is 0 Å². The van der Waals surface area contributed by atoms with E-state index < -0.39 is 0 Å². The Morgan fingerprint density at radius 1 is 0.868 bits per heavy atom. The standard InChI is InChI=1S/C33H41N3O2/c1-33(2,3)29-18-16-26(17-19-29)31(37)35-30-15-8-7-14-28(30)23-36(32(38)27-12-5-4-6-13-27)22-25-11-9-10-24(20-25)21-34/h7-11,14-20,27H,4-6,12-13,21-23,34H2,1-3H3,(H,35,37). The molecule has 5 nitrogen and oxygen atoms in total. The van der Waals surface area contributed by atoms with E-state index in [9.17, 15) is 9.59 Å². The highest BCUT2D eigenvalue weighted by Gasteiger charge is 2.27. The normalized spacial score (nSPS) is 14.2. The van der Waals surface area contributed by atoms with Gasteiger partial charge in [0.05, 0.1) is 0 Å². The SMILES string of the molecule is CC(C)(C)c1ccc(C(=O)Nc2ccccc2CN(Cc2cccc(CN)c2)C(=O)C2CCCCC2)cc1. The number of hydrogen-bond donors (Lipinski definition) is 2. The lowest BCUT2D eigenvalue weighted by molar-refractivity contribution is -0.137. The molecule has 0 heterocycles. The highest BCUT2D eigenvalue weighted by Crippen LogP contribution is 2.28. The Morgan fingerprint density at radius 2 is 1.55 bits per heavy atom. The van der Waals surface area contributed by atoms with Gasteiger partial charge in [0.15, 0.2) is 0 Å². The van der Waals surface area contributed by atoms with Gasteiger partial charge < -0.3 is 16.0 Å². The summed E-state index contributed by atoms with van der Waals surface area (Å²) in [4.78, 5) is 28.8. The number of nitrogens with zero attached hydrogens (tertiary/aromatic N) is 1. The summed E-state index contributed by atoms with van der Waals surface area (Å²) < 4.78 is 0. The van der Waals surface area contributed by atoms with Crippen LogP contribution in [0.1, 0.15) is 85.5 Å². The van der Waals surface area contributed by atoms with Gasteiger partial charge in [0.25, 0.3) is 5.91 Å². The lowest BCUT2D eigenvalue weighted by atomic mass is 9.86. The molecule has 3 N–H and O–H groups in total. The van der Waals surface area contributed by atoms with Gasteiger partial charge in [-0.05, 0) is 58.7 Å². The maximum Gasteiger partial charge on any atom is 0.255 e. The first-order chi connectivity index (χ1) is 18.2. The summed E-state index contributed by atoms with van der Waals surface area (Å²) in [6.07, 6.45) is 5.30. The molecule has 0 unspecified atom stereocenters. The van der Waals surface area contributed by atoms with Gasteiger partial charge in [-0.2, -0.15) is 0 Å². The van der Waals surface area contributed by atoms with E-state index >= 15 is 0 Å². The first-order valence-electron chi connectivity index (χ1n) is 13.8. The third kappa shape index (κ3) is 7.11. The molecule has 0 aliphatic heterocycles. The molecule has 0 atom stereocenters. The molecule has 0 aromatic heterocycles. The van der Waals surface area contributed by atoms with Crippen molar-refractivity contribution in [2.75, 3.05) is 5.32 Å². The summed E-state index contributed by atoms with van der Waals surface area (Å²) >= 11 is 0. The highest BCUT2D eigenvalue weighted by molar-refractivity contribution is 6.04. The summed E-state index contributed by atoms with van der Waals surface area (Å²) in [6.45, 7) is 7.89. The minimum atomic E-state index is -0.154. The predicted octanol–water partition coefficient (Wildman–Crippen LogP) is 6.80. The second-order valence-electron chi connectivity index (χ2n) is 11.5. The van der Waals surface area contributed by atoms with Crippen molar-refractivity contribution in [3.63, 3.8) is 0 Å². The Hall–Kier alpha value is -3.44. The first kappa shape index (κ1) is 27.6. The lowest BCUT2D eigenvalue weighted by Crippen LogP contribution is -2.36. The van der Waals surface area contributed by atoms with Crippen LogP contribution in [0.3, 0.4) is 0 Å². The van der Waals surface area contributed by atoms with Gasteiger partial charge in [-0.15, -0.1) is 0 Å². The van der Waals surface area contributed by atoms with E-state index in [1.54, 1.807) is 0 Å². The molecule has 1 aliphatic carbocycles. The fourth-order valence-corrected chi connectivity index (χ4v) is 5.20. The molecular weight excluding hydrogens is 470 g/mol. The summed E-state index contributed by atoms with van der Waals surface area (Å²) in [5, 5.41) is 3.10. The first-order valence-corrected chi connectivity index (χ1v) is 13.8. The van der Waals surface area contributed by atoms with E-state index in [2.05, 4.69) is 38.2 Å². The van der Waals surface area contributed by atoms with E-state index in [1.807, 2.05) is 65.6 Å². The molecule has 0 saturated heterocycles. The topological polar surface area (TPSA) is 75.4 Å². The highest BCUT2D eigenvalue weighted by atomic mass is 16.2. The van der Waals surface area contributed by atoms with Gasteiger partial charge in [-0.1, -0.05) is 94.6 Å². The monoisotopic (exact) mass is 511 g/mol. The van der Waals surface area contributed by atoms with Crippen LogP contribution in [0.2, 0.25) is 0 Å². The van der Waals surface area contributed by atoms with Gasteiger partial charge in [0.2, 0.25) is 5.91 Å². The van der Waals surface area contributed by atoms with Crippen LogP contribution in [0.25, 0.3) is 0 Å². The number of rotatable bonds is 8. The smallest absolute Gasteiger partial charge is 0.255 e. The van der Waals surface area contributed by atoms with Crippen LogP contribution < -0.4 is 11.1 Å². The molecule has 0 bridgehead atoms. The molecular formula is C33H41N3O2. The number of nitrogens with one attached hydrogen (secondary N) is 1. The number of carbonyl (C=O) groups is 2. The lowest BCUT2D eigenvalue weighted by Gasteiger charge is -2.30. The Labute approximate surface area is 227 Å². The summed E-state index contributed by atoms with van der Waals surface area (Å²) in [7, 11) is 0. The number of hydrogen-bond acceptors (Lipinski definition) is 3. The van der Waals surface area contributed by atoms with Gasteiger partial charge in [-0.3, -0.25) is 9.59 Å². The van der Waals surface area contributed by atoms with Crippen LogP contribution >= 0.6 is 0 Å². The molecule has 5 heteroatoms. The van der Waals surface area contributed by atoms with Crippen molar-refractivity contribution in [2.24, 2.45) is 11.7 Å². The molecule has 200 valence electrons. The quantitative estimate of drug-likeness (QED) is 0.349. The van der Waals surface area contributed by atoms with Crippen molar-refractivity contribution < 1.29 is 9.59 Å². The van der Waals surface area contributed by atoms with Gasteiger partial charge in [0, 0.05) is 36.8 Å². The number of carbonyl (C=O) groups excluding carboxylic acids is 2. The largest absolute Gasteiger partial charge is 0.334 e. The second kappa shape index (κ2) is 12.4. The molecule has 4 rings (SSSR count). The fourth-order valence-electron chi connectivity index (χ4n) is 5.20. The van der Waals surface area contributed by atoms with Crippen LogP contribution in [-0.2, 0) is 29.8 Å². The summed E-state index contributed by atoms with van der Waals surface area (Å²) in [6, 6.07) is 23.7. The van der Waals surface area contributed by atoms with Crippen LogP contribution in [0, 0.1) is 5.92 Å². The van der Waals surface area contributed by atoms with E-state index in [0.717, 1.165) is 48.1 Å². The number of nitrogens with two attached hydrogens (primary N) is 1. The van der Waals surface area contributed by atoms with E-state index in [-0.39, 0.29) is 23.1 Å². The maximum atomic E-state index is 13.7. The molecule has 38 heavy (non-hydrogen) atoms. The fraction of sp³-hybridized carbons (Fsp3) is 0.394. The number of anilines is 1. The average molecular weight is 512 g/mol. The van der Waals surface area contributed by atoms with Crippen molar-refractivity contribution in [2.45, 2.75) is 77.9 Å². The van der Waals surface area contributed by atoms with E-state index in [1.165, 1.54) is 12.0 Å². The number of amides is 2. The van der Waals surface area contributed by atoms with Gasteiger partial charge >= 0.3 is 0 Å².